The molecule has 1 aromatic rings. The lowest BCUT2D eigenvalue weighted by atomic mass is 9.97. The van der Waals surface area contributed by atoms with Gasteiger partial charge in [0.2, 0.25) is 5.91 Å². The fraction of sp³-hybridized carbons (Fsp3) is 0.562. The number of anilines is 1. The largest absolute Gasteiger partial charge is 0.393 e. The van der Waals surface area contributed by atoms with Gasteiger partial charge in [-0.1, -0.05) is 18.6 Å². The molecule has 1 fully saturated rings. The Morgan fingerprint density at radius 2 is 2.24 bits per heavy atom. The van der Waals surface area contributed by atoms with Crippen LogP contribution in [-0.4, -0.2) is 41.1 Å². The first-order valence-corrected chi connectivity index (χ1v) is 8.32. The minimum atomic E-state index is -0.318. The Morgan fingerprint density at radius 3 is 2.95 bits per heavy atom. The van der Waals surface area contributed by atoms with Crippen molar-refractivity contribution in [3.05, 3.63) is 28.7 Å². The first-order chi connectivity index (χ1) is 10.1. The van der Waals surface area contributed by atoms with Crippen LogP contribution in [0, 0.1) is 0 Å². The third-order valence-corrected chi connectivity index (χ3v) is 4.55. The molecule has 0 aliphatic carbocycles. The van der Waals surface area contributed by atoms with Crippen LogP contribution in [0.4, 0.5) is 5.69 Å². The highest BCUT2D eigenvalue weighted by molar-refractivity contribution is 9.10. The second kappa shape index (κ2) is 7.92. The number of rotatable bonds is 5. The number of benzene rings is 1. The van der Waals surface area contributed by atoms with Gasteiger partial charge in [0.15, 0.2) is 0 Å². The molecule has 4 nitrogen and oxygen atoms in total. The van der Waals surface area contributed by atoms with Gasteiger partial charge in [0.25, 0.3) is 0 Å². The number of likely N-dealkylation sites (tertiary alicyclic amines) is 1. The fourth-order valence-corrected chi connectivity index (χ4v) is 3.25. The molecule has 21 heavy (non-hydrogen) atoms. The number of carbonyl (C=O) groups excluding carboxylic acids is 1. The zero-order valence-electron chi connectivity index (χ0n) is 12.4. The maximum atomic E-state index is 12.2. The molecule has 1 amide bonds. The van der Waals surface area contributed by atoms with E-state index in [-0.39, 0.29) is 12.0 Å². The van der Waals surface area contributed by atoms with Crippen molar-refractivity contribution in [2.75, 3.05) is 18.4 Å². The van der Waals surface area contributed by atoms with Crippen molar-refractivity contribution in [3.63, 3.8) is 0 Å². The van der Waals surface area contributed by atoms with E-state index >= 15 is 0 Å². The third kappa shape index (κ3) is 5.09. The zero-order valence-corrected chi connectivity index (χ0v) is 14.0. The predicted octanol–water partition coefficient (Wildman–Crippen LogP) is 3.01. The fourth-order valence-electron chi connectivity index (χ4n) is 2.87. The van der Waals surface area contributed by atoms with Gasteiger partial charge < -0.3 is 10.4 Å². The first-order valence-electron chi connectivity index (χ1n) is 7.52. The van der Waals surface area contributed by atoms with E-state index in [1.165, 1.54) is 6.42 Å². The Hall–Kier alpha value is -0.910. The molecule has 0 radical (unpaired) electrons. The molecule has 5 heteroatoms. The Morgan fingerprint density at radius 1 is 1.48 bits per heavy atom. The highest BCUT2D eigenvalue weighted by Crippen LogP contribution is 2.23. The topological polar surface area (TPSA) is 52.6 Å². The van der Waals surface area contributed by atoms with Gasteiger partial charge in [0.05, 0.1) is 18.3 Å². The van der Waals surface area contributed by atoms with Gasteiger partial charge in [-0.15, -0.1) is 0 Å². The van der Waals surface area contributed by atoms with Crippen LogP contribution < -0.4 is 5.32 Å². The van der Waals surface area contributed by atoms with Crippen molar-refractivity contribution in [2.24, 2.45) is 0 Å². The molecule has 1 aliphatic rings. The molecular weight excluding hydrogens is 332 g/mol. The molecule has 0 aromatic heterocycles. The molecule has 2 atom stereocenters. The number of hydrogen-bond donors (Lipinski definition) is 2. The van der Waals surface area contributed by atoms with Crippen molar-refractivity contribution in [1.82, 2.24) is 4.90 Å². The van der Waals surface area contributed by atoms with E-state index in [9.17, 15) is 9.90 Å². The number of amides is 1. The molecule has 0 saturated carbocycles. The molecule has 2 rings (SSSR count). The van der Waals surface area contributed by atoms with Gasteiger partial charge in [0, 0.05) is 10.5 Å². The van der Waals surface area contributed by atoms with Gasteiger partial charge in [-0.05, 0) is 60.8 Å². The number of nitrogens with zero attached hydrogens (tertiary/aromatic N) is 1. The smallest absolute Gasteiger partial charge is 0.238 e. The summed E-state index contributed by atoms with van der Waals surface area (Å²) >= 11 is 3.43. The predicted molar refractivity (Wildman–Crippen MR) is 88.3 cm³/mol. The summed E-state index contributed by atoms with van der Waals surface area (Å²) in [4.78, 5) is 14.4. The lowest BCUT2D eigenvalue weighted by Gasteiger charge is -2.35. The van der Waals surface area contributed by atoms with Crippen molar-refractivity contribution in [3.8, 4) is 0 Å². The van der Waals surface area contributed by atoms with Crippen molar-refractivity contribution in [2.45, 2.75) is 44.8 Å². The minimum absolute atomic E-state index is 0.000562. The zero-order chi connectivity index (χ0) is 15.2. The Balaban J connectivity index is 1.92. The van der Waals surface area contributed by atoms with E-state index in [1.807, 2.05) is 31.2 Å². The van der Waals surface area contributed by atoms with Gasteiger partial charge >= 0.3 is 0 Å². The van der Waals surface area contributed by atoms with Gasteiger partial charge in [0.1, 0.15) is 0 Å². The number of aliphatic hydroxyl groups is 1. The summed E-state index contributed by atoms with van der Waals surface area (Å²) in [6.07, 6.45) is 3.79. The SMILES string of the molecule is CC(O)CC1CCCCN1CC(=O)Nc1ccccc1Br. The van der Waals surface area contributed by atoms with E-state index in [2.05, 4.69) is 26.1 Å². The Labute approximate surface area is 134 Å². The maximum Gasteiger partial charge on any atom is 0.238 e. The Bertz CT molecular complexity index is 479. The van der Waals surface area contributed by atoms with E-state index in [0.717, 1.165) is 36.0 Å². The van der Waals surface area contributed by atoms with Crippen LogP contribution in [0.25, 0.3) is 0 Å². The summed E-state index contributed by atoms with van der Waals surface area (Å²) < 4.78 is 0.887. The summed E-state index contributed by atoms with van der Waals surface area (Å²) in [5.74, 6) is -0.000562. The van der Waals surface area contributed by atoms with Crippen LogP contribution in [0.3, 0.4) is 0 Å². The van der Waals surface area contributed by atoms with E-state index in [4.69, 9.17) is 0 Å². The van der Waals surface area contributed by atoms with Crippen LogP contribution in [0.5, 0.6) is 0 Å². The number of hydrogen-bond acceptors (Lipinski definition) is 3. The molecule has 2 N–H and O–H groups in total. The van der Waals surface area contributed by atoms with Crippen LogP contribution in [0.15, 0.2) is 28.7 Å². The third-order valence-electron chi connectivity index (χ3n) is 3.86. The summed E-state index contributed by atoms with van der Waals surface area (Å²) in [5, 5.41) is 12.5. The van der Waals surface area contributed by atoms with E-state index < -0.39 is 0 Å². The van der Waals surface area contributed by atoms with Gasteiger partial charge in [-0.25, -0.2) is 0 Å². The number of halogens is 1. The van der Waals surface area contributed by atoms with Gasteiger partial charge in [-0.3, -0.25) is 9.69 Å². The van der Waals surface area contributed by atoms with E-state index in [1.54, 1.807) is 0 Å². The van der Waals surface area contributed by atoms with Crippen LogP contribution in [0.2, 0.25) is 0 Å². The number of piperidine rings is 1. The minimum Gasteiger partial charge on any atom is -0.393 e. The Kier molecular flexibility index (Phi) is 6.21. The summed E-state index contributed by atoms with van der Waals surface area (Å²) in [7, 11) is 0. The molecule has 2 unspecified atom stereocenters. The summed E-state index contributed by atoms with van der Waals surface area (Å²) in [6, 6.07) is 7.92. The van der Waals surface area contributed by atoms with E-state index in [0.29, 0.717) is 12.6 Å². The molecule has 1 aromatic carbocycles. The van der Waals surface area contributed by atoms with Crippen molar-refractivity contribution in [1.29, 1.82) is 0 Å². The molecular formula is C16H23BrN2O2. The van der Waals surface area contributed by atoms with Crippen LogP contribution in [-0.2, 0) is 4.79 Å². The van der Waals surface area contributed by atoms with Crippen LogP contribution >= 0.6 is 15.9 Å². The second-order valence-electron chi connectivity index (χ2n) is 5.73. The maximum absolute atomic E-state index is 12.2. The van der Waals surface area contributed by atoms with Crippen molar-refractivity contribution >= 4 is 27.5 Å². The summed E-state index contributed by atoms with van der Waals surface area (Å²) in [5.41, 5.74) is 0.798. The number of aliphatic hydroxyl groups excluding tert-OH is 1. The number of carbonyl (C=O) groups is 1. The lowest BCUT2D eigenvalue weighted by molar-refractivity contribution is -0.118. The van der Waals surface area contributed by atoms with Crippen molar-refractivity contribution < 1.29 is 9.90 Å². The highest BCUT2D eigenvalue weighted by atomic mass is 79.9. The molecule has 1 heterocycles. The molecule has 0 bridgehead atoms. The number of nitrogens with one attached hydrogen (secondary N) is 1. The normalized spacial score (nSPS) is 21.0. The molecule has 1 aliphatic heterocycles. The second-order valence-corrected chi connectivity index (χ2v) is 6.59. The molecule has 1 saturated heterocycles. The molecule has 0 spiro atoms. The monoisotopic (exact) mass is 354 g/mol. The standard InChI is InChI=1S/C16H23BrN2O2/c1-12(20)10-13-6-4-5-9-19(13)11-16(21)18-15-8-3-2-7-14(15)17/h2-3,7-8,12-13,20H,4-6,9-11H2,1H3,(H,18,21). The highest BCUT2D eigenvalue weighted by Gasteiger charge is 2.25. The summed E-state index contributed by atoms with van der Waals surface area (Å²) in [6.45, 7) is 3.13. The lowest BCUT2D eigenvalue weighted by Crippen LogP contribution is -2.45. The molecule has 116 valence electrons. The van der Waals surface area contributed by atoms with Crippen LogP contribution in [0.1, 0.15) is 32.6 Å². The quantitative estimate of drug-likeness (QED) is 0.854. The average molecular weight is 355 g/mol. The first kappa shape index (κ1) is 16.5. The number of para-hydroxylation sites is 1. The van der Waals surface area contributed by atoms with Gasteiger partial charge in [-0.2, -0.15) is 0 Å². The average Bonchev–Trinajstić information content (AvgIpc) is 2.43.